The van der Waals surface area contributed by atoms with Gasteiger partial charge in [-0.05, 0) is 19.8 Å². The summed E-state index contributed by atoms with van der Waals surface area (Å²) < 4.78 is 5.32. The van der Waals surface area contributed by atoms with Crippen LogP contribution in [0.5, 0.6) is 0 Å². The van der Waals surface area contributed by atoms with Crippen molar-refractivity contribution in [1.82, 2.24) is 20.1 Å². The molecule has 1 aliphatic rings. The lowest BCUT2D eigenvalue weighted by molar-refractivity contribution is 0.350. The number of hydrogen-bond acceptors (Lipinski definition) is 6. The van der Waals surface area contributed by atoms with Crippen LogP contribution in [0.1, 0.15) is 49.1 Å². The summed E-state index contributed by atoms with van der Waals surface area (Å²) >= 11 is 6.02. The van der Waals surface area contributed by atoms with Crippen LogP contribution in [0.4, 0.5) is 5.82 Å². The largest absolute Gasteiger partial charge is 0.361 e. The van der Waals surface area contributed by atoms with Gasteiger partial charge in [-0.3, -0.25) is 0 Å². The van der Waals surface area contributed by atoms with Crippen LogP contribution >= 0.6 is 11.6 Å². The fourth-order valence-corrected chi connectivity index (χ4v) is 2.58. The van der Waals surface area contributed by atoms with Crippen LogP contribution in [0.2, 0.25) is 5.02 Å². The van der Waals surface area contributed by atoms with E-state index in [1.165, 1.54) is 12.8 Å². The molecule has 106 valence electrons. The summed E-state index contributed by atoms with van der Waals surface area (Å²) in [5.41, 5.74) is 0. The monoisotopic (exact) mass is 293 g/mol. The molecule has 0 radical (unpaired) electrons. The van der Waals surface area contributed by atoms with Crippen molar-refractivity contribution in [1.29, 1.82) is 0 Å². The van der Waals surface area contributed by atoms with E-state index < -0.39 is 0 Å². The number of aryl methyl sites for hydroxylation is 1. The number of nitrogens with one attached hydrogen (secondary N) is 1. The summed E-state index contributed by atoms with van der Waals surface area (Å²) in [6.07, 6.45) is 6.36. The lowest BCUT2D eigenvalue weighted by Crippen LogP contribution is -2.05. The third-order valence-electron chi connectivity index (χ3n) is 3.47. The molecule has 2 aromatic heterocycles. The molecule has 0 aliphatic heterocycles. The maximum absolute atomic E-state index is 6.02. The molecule has 2 heterocycles. The molecule has 1 N–H and O–H groups in total. The minimum absolute atomic E-state index is 0.432. The first-order chi connectivity index (χ1) is 9.72. The van der Waals surface area contributed by atoms with Gasteiger partial charge in [0.15, 0.2) is 5.82 Å². The standard InChI is InChI=1S/C13H16ClN5O/c1-8-15-6-10(14)12(17-8)16-7-11-18-13(20-19-11)9-4-2-3-5-9/h6,9H,2-5,7H2,1H3,(H,15,16,17). The third kappa shape index (κ3) is 2.90. The Kier molecular flexibility index (Phi) is 3.82. The maximum atomic E-state index is 6.02. The predicted molar refractivity (Wildman–Crippen MR) is 74.6 cm³/mol. The summed E-state index contributed by atoms with van der Waals surface area (Å²) in [7, 11) is 0. The minimum atomic E-state index is 0.432. The molecule has 0 aromatic carbocycles. The second-order valence-electron chi connectivity index (χ2n) is 5.00. The average molecular weight is 294 g/mol. The molecule has 0 saturated heterocycles. The Bertz CT molecular complexity index is 594. The molecule has 0 bridgehead atoms. The van der Waals surface area contributed by atoms with Gasteiger partial charge in [-0.1, -0.05) is 29.6 Å². The summed E-state index contributed by atoms with van der Waals surface area (Å²) in [6.45, 7) is 2.25. The van der Waals surface area contributed by atoms with Crippen molar-refractivity contribution in [2.24, 2.45) is 0 Å². The number of rotatable bonds is 4. The van der Waals surface area contributed by atoms with Crippen molar-refractivity contribution in [3.63, 3.8) is 0 Å². The van der Waals surface area contributed by atoms with E-state index in [1.807, 2.05) is 6.92 Å². The normalized spacial score (nSPS) is 15.7. The van der Waals surface area contributed by atoms with Gasteiger partial charge in [-0.15, -0.1) is 0 Å². The number of hydrogen-bond donors (Lipinski definition) is 1. The van der Waals surface area contributed by atoms with Crippen molar-refractivity contribution in [3.8, 4) is 0 Å². The fourth-order valence-electron chi connectivity index (χ4n) is 2.42. The van der Waals surface area contributed by atoms with Crippen LogP contribution < -0.4 is 5.32 Å². The van der Waals surface area contributed by atoms with Crippen LogP contribution in [-0.4, -0.2) is 20.1 Å². The fraction of sp³-hybridized carbons (Fsp3) is 0.538. The number of halogens is 1. The highest BCUT2D eigenvalue weighted by atomic mass is 35.5. The van der Waals surface area contributed by atoms with Gasteiger partial charge in [0.2, 0.25) is 5.89 Å². The summed E-state index contributed by atoms with van der Waals surface area (Å²) in [6, 6.07) is 0. The molecule has 1 fully saturated rings. The van der Waals surface area contributed by atoms with E-state index in [2.05, 4.69) is 25.4 Å². The lowest BCUT2D eigenvalue weighted by atomic mass is 10.1. The molecule has 6 nitrogen and oxygen atoms in total. The van der Waals surface area contributed by atoms with Crippen molar-refractivity contribution >= 4 is 17.4 Å². The zero-order valence-corrected chi connectivity index (χ0v) is 12.0. The zero-order valence-electron chi connectivity index (χ0n) is 11.3. The highest BCUT2D eigenvalue weighted by Crippen LogP contribution is 2.32. The number of anilines is 1. The van der Waals surface area contributed by atoms with E-state index in [4.69, 9.17) is 16.1 Å². The SMILES string of the molecule is Cc1ncc(Cl)c(NCc2noc(C3CCCC3)n2)n1. The topological polar surface area (TPSA) is 76.7 Å². The highest BCUT2D eigenvalue weighted by molar-refractivity contribution is 6.32. The van der Waals surface area contributed by atoms with E-state index in [0.717, 1.165) is 18.7 Å². The van der Waals surface area contributed by atoms with Gasteiger partial charge >= 0.3 is 0 Å². The van der Waals surface area contributed by atoms with Gasteiger partial charge in [0.25, 0.3) is 0 Å². The second kappa shape index (κ2) is 5.75. The smallest absolute Gasteiger partial charge is 0.229 e. The Labute approximate surface area is 122 Å². The summed E-state index contributed by atoms with van der Waals surface area (Å²) in [5.74, 6) is 3.06. The number of nitrogens with zero attached hydrogens (tertiary/aromatic N) is 4. The Morgan fingerprint density at radius 1 is 1.35 bits per heavy atom. The molecule has 3 rings (SSSR count). The maximum Gasteiger partial charge on any atom is 0.229 e. The molecule has 0 unspecified atom stereocenters. The molecule has 7 heteroatoms. The van der Waals surface area contributed by atoms with Crippen LogP contribution in [0.15, 0.2) is 10.7 Å². The van der Waals surface area contributed by atoms with Crippen molar-refractivity contribution < 1.29 is 4.52 Å². The first-order valence-corrected chi connectivity index (χ1v) is 7.15. The molecule has 1 aliphatic carbocycles. The Morgan fingerprint density at radius 2 is 2.15 bits per heavy atom. The van der Waals surface area contributed by atoms with Gasteiger partial charge in [-0.2, -0.15) is 4.98 Å². The van der Waals surface area contributed by atoms with Crippen LogP contribution in [0.25, 0.3) is 0 Å². The molecule has 0 atom stereocenters. The second-order valence-corrected chi connectivity index (χ2v) is 5.40. The summed E-state index contributed by atoms with van der Waals surface area (Å²) in [4.78, 5) is 12.7. The van der Waals surface area contributed by atoms with Gasteiger partial charge in [-0.25, -0.2) is 9.97 Å². The van der Waals surface area contributed by atoms with Gasteiger partial charge in [0, 0.05) is 5.92 Å². The van der Waals surface area contributed by atoms with Crippen molar-refractivity contribution in [3.05, 3.63) is 28.8 Å². The van der Waals surface area contributed by atoms with Crippen LogP contribution in [0.3, 0.4) is 0 Å². The zero-order chi connectivity index (χ0) is 13.9. The molecule has 2 aromatic rings. The van der Waals surface area contributed by atoms with Gasteiger partial charge in [0.1, 0.15) is 16.7 Å². The van der Waals surface area contributed by atoms with E-state index in [0.29, 0.717) is 35.0 Å². The first-order valence-electron chi connectivity index (χ1n) is 6.78. The van der Waals surface area contributed by atoms with Crippen LogP contribution in [-0.2, 0) is 6.54 Å². The van der Waals surface area contributed by atoms with E-state index in [1.54, 1.807) is 6.20 Å². The Balaban J connectivity index is 1.64. The number of aromatic nitrogens is 4. The molecule has 20 heavy (non-hydrogen) atoms. The quantitative estimate of drug-likeness (QED) is 0.933. The highest BCUT2D eigenvalue weighted by Gasteiger charge is 2.22. The predicted octanol–water partition coefficient (Wildman–Crippen LogP) is 3.09. The van der Waals surface area contributed by atoms with Crippen LogP contribution in [0, 0.1) is 6.92 Å². The molecular weight excluding hydrogens is 278 g/mol. The lowest BCUT2D eigenvalue weighted by Gasteiger charge is -2.05. The average Bonchev–Trinajstić information content (AvgIpc) is 3.09. The minimum Gasteiger partial charge on any atom is -0.361 e. The van der Waals surface area contributed by atoms with Crippen molar-refractivity contribution in [2.75, 3.05) is 5.32 Å². The molecular formula is C13H16ClN5O. The van der Waals surface area contributed by atoms with E-state index >= 15 is 0 Å². The molecule has 0 spiro atoms. The molecule has 1 saturated carbocycles. The van der Waals surface area contributed by atoms with Gasteiger partial charge in [0.05, 0.1) is 12.7 Å². The van der Waals surface area contributed by atoms with Crippen molar-refractivity contribution in [2.45, 2.75) is 45.1 Å². The van der Waals surface area contributed by atoms with E-state index in [-0.39, 0.29) is 0 Å². The van der Waals surface area contributed by atoms with E-state index in [9.17, 15) is 0 Å². The Morgan fingerprint density at radius 3 is 2.95 bits per heavy atom. The van der Waals surface area contributed by atoms with Gasteiger partial charge < -0.3 is 9.84 Å². The Hall–Kier alpha value is -1.69. The molecule has 0 amide bonds. The summed E-state index contributed by atoms with van der Waals surface area (Å²) in [5, 5.41) is 7.58. The first kappa shape index (κ1) is 13.3. The third-order valence-corrected chi connectivity index (χ3v) is 3.74.